The third kappa shape index (κ3) is 4.97. The van der Waals surface area contributed by atoms with Gasteiger partial charge >= 0.3 is 5.97 Å². The van der Waals surface area contributed by atoms with Gasteiger partial charge in [-0.15, -0.1) is 15.1 Å². The lowest BCUT2D eigenvalue weighted by molar-refractivity contribution is -0.113. The number of carboxylic acid groups (broad SMARTS) is 1. The number of carboxylic acids is 1. The molecule has 10 heteroatoms. The Kier molecular flexibility index (Phi) is 6.53. The maximum Gasteiger partial charge on any atom is 0.335 e. The molecule has 0 atom stereocenters. The van der Waals surface area contributed by atoms with Crippen LogP contribution in [0, 0.1) is 4.91 Å². The summed E-state index contributed by atoms with van der Waals surface area (Å²) in [6.45, 7) is 1.26. The summed E-state index contributed by atoms with van der Waals surface area (Å²) in [5.41, 5.74) is 0.358. The number of carbonyl (C=O) groups excluding carboxylic acids is 1. The van der Waals surface area contributed by atoms with Crippen molar-refractivity contribution in [3.8, 4) is 5.75 Å². The standard InChI is InChI=1S/C18H16N4O6/c1-10(23)16(17(24)19-12-5-3-11(4-6-12)18(25)26)21-20-14-8-7-13(22-27)9-15(14)28-2/h3-9,23H,1-2H3,(H,19,24)(H,25,26). The Morgan fingerprint density at radius 1 is 1.07 bits per heavy atom. The molecule has 0 bridgehead atoms. The molecule has 0 saturated heterocycles. The maximum absolute atomic E-state index is 12.4. The van der Waals surface area contributed by atoms with Crippen molar-refractivity contribution in [2.24, 2.45) is 15.4 Å². The minimum Gasteiger partial charge on any atom is -0.510 e. The van der Waals surface area contributed by atoms with Crippen LogP contribution in [0.2, 0.25) is 0 Å². The van der Waals surface area contributed by atoms with Crippen LogP contribution in [0.15, 0.2) is 69.3 Å². The number of rotatable bonds is 7. The number of nitrogens with one attached hydrogen (secondary N) is 1. The fraction of sp³-hybridized carbons (Fsp3) is 0.111. The average Bonchev–Trinajstić information content (AvgIpc) is 2.68. The molecule has 144 valence electrons. The number of nitrogens with zero attached hydrogens (tertiary/aromatic N) is 3. The second-order valence-electron chi connectivity index (χ2n) is 5.42. The number of nitroso groups, excluding NO2 is 1. The molecule has 1 amide bonds. The van der Waals surface area contributed by atoms with Crippen LogP contribution in [0.25, 0.3) is 0 Å². The number of ether oxygens (including phenoxy) is 1. The highest BCUT2D eigenvalue weighted by atomic mass is 16.5. The van der Waals surface area contributed by atoms with Crippen LogP contribution in [0.1, 0.15) is 17.3 Å². The van der Waals surface area contributed by atoms with Crippen LogP contribution in [-0.2, 0) is 4.79 Å². The van der Waals surface area contributed by atoms with Gasteiger partial charge < -0.3 is 20.3 Å². The van der Waals surface area contributed by atoms with Gasteiger partial charge in [0.15, 0.2) is 5.70 Å². The molecule has 0 heterocycles. The Balaban J connectivity index is 2.22. The molecule has 0 aliphatic rings. The molecule has 10 nitrogen and oxygen atoms in total. The second-order valence-corrected chi connectivity index (χ2v) is 5.42. The molecule has 0 fully saturated rings. The summed E-state index contributed by atoms with van der Waals surface area (Å²) in [7, 11) is 1.37. The van der Waals surface area contributed by atoms with E-state index in [4.69, 9.17) is 9.84 Å². The lowest BCUT2D eigenvalue weighted by Gasteiger charge is -2.07. The molecule has 2 rings (SSSR count). The average molecular weight is 384 g/mol. The first-order valence-electron chi connectivity index (χ1n) is 7.83. The Morgan fingerprint density at radius 2 is 1.75 bits per heavy atom. The SMILES string of the molecule is COc1cc(N=O)ccc1N=NC(C(=O)Nc1ccc(C(=O)O)cc1)=C(C)O. The molecule has 0 unspecified atom stereocenters. The summed E-state index contributed by atoms with van der Waals surface area (Å²) in [6.07, 6.45) is 0. The molecule has 0 aromatic heterocycles. The lowest BCUT2D eigenvalue weighted by atomic mass is 10.2. The normalized spacial score (nSPS) is 11.6. The fourth-order valence-corrected chi connectivity index (χ4v) is 2.08. The van der Waals surface area contributed by atoms with Crippen LogP contribution in [0.4, 0.5) is 17.1 Å². The van der Waals surface area contributed by atoms with Crippen LogP contribution in [0.3, 0.4) is 0 Å². The van der Waals surface area contributed by atoms with Gasteiger partial charge in [-0.25, -0.2) is 4.79 Å². The molecule has 0 aliphatic heterocycles. The summed E-state index contributed by atoms with van der Waals surface area (Å²) < 4.78 is 5.09. The van der Waals surface area contributed by atoms with Gasteiger partial charge in [0.2, 0.25) is 0 Å². The minimum absolute atomic E-state index is 0.0622. The van der Waals surface area contributed by atoms with E-state index in [-0.39, 0.29) is 34.1 Å². The minimum atomic E-state index is -1.09. The predicted molar refractivity (Wildman–Crippen MR) is 100 cm³/mol. The van der Waals surface area contributed by atoms with Crippen molar-refractivity contribution in [3.05, 3.63) is 64.4 Å². The highest BCUT2D eigenvalue weighted by Gasteiger charge is 2.14. The molecular weight excluding hydrogens is 368 g/mol. The zero-order valence-electron chi connectivity index (χ0n) is 14.9. The Morgan fingerprint density at radius 3 is 2.29 bits per heavy atom. The van der Waals surface area contributed by atoms with Crippen molar-refractivity contribution in [2.75, 3.05) is 12.4 Å². The summed E-state index contributed by atoms with van der Waals surface area (Å²) in [6, 6.07) is 9.61. The molecule has 2 aromatic carbocycles. The van der Waals surface area contributed by atoms with Crippen molar-refractivity contribution in [1.29, 1.82) is 0 Å². The van der Waals surface area contributed by atoms with Crippen LogP contribution < -0.4 is 10.1 Å². The molecule has 28 heavy (non-hydrogen) atoms. The molecule has 0 radical (unpaired) electrons. The van der Waals surface area contributed by atoms with E-state index in [9.17, 15) is 19.6 Å². The highest BCUT2D eigenvalue weighted by molar-refractivity contribution is 6.03. The Hall–Kier alpha value is -4.08. The van der Waals surface area contributed by atoms with Crippen molar-refractivity contribution >= 4 is 28.9 Å². The highest BCUT2D eigenvalue weighted by Crippen LogP contribution is 2.32. The number of carbonyl (C=O) groups is 2. The number of hydrogen-bond acceptors (Lipinski definition) is 8. The van der Waals surface area contributed by atoms with Gasteiger partial charge in [-0.2, -0.15) is 0 Å². The van der Waals surface area contributed by atoms with E-state index >= 15 is 0 Å². The van der Waals surface area contributed by atoms with E-state index in [1.165, 1.54) is 56.5 Å². The number of anilines is 1. The topological polar surface area (TPSA) is 150 Å². The number of hydrogen-bond donors (Lipinski definition) is 3. The first-order chi connectivity index (χ1) is 13.3. The van der Waals surface area contributed by atoms with Gasteiger partial charge in [0.05, 0.1) is 12.7 Å². The van der Waals surface area contributed by atoms with Gasteiger partial charge in [-0.3, -0.25) is 4.79 Å². The van der Waals surface area contributed by atoms with E-state index in [0.717, 1.165) is 0 Å². The molecular formula is C18H16N4O6. The van der Waals surface area contributed by atoms with Crippen LogP contribution in [0.5, 0.6) is 5.75 Å². The van der Waals surface area contributed by atoms with Gasteiger partial charge in [-0.05, 0) is 48.5 Å². The van der Waals surface area contributed by atoms with E-state index in [0.29, 0.717) is 5.69 Å². The second kappa shape index (κ2) is 9.03. The predicted octanol–water partition coefficient (Wildman–Crippen LogP) is 4.30. The quantitative estimate of drug-likeness (QED) is 0.280. The number of azo groups is 1. The number of aliphatic hydroxyl groups is 1. The fourth-order valence-electron chi connectivity index (χ4n) is 2.08. The number of aromatic carboxylic acids is 1. The number of allylic oxidation sites excluding steroid dienone is 1. The van der Waals surface area contributed by atoms with Crippen LogP contribution >= 0.6 is 0 Å². The smallest absolute Gasteiger partial charge is 0.335 e. The van der Waals surface area contributed by atoms with Gasteiger partial charge in [0.25, 0.3) is 5.91 Å². The van der Waals surface area contributed by atoms with Crippen molar-refractivity contribution in [1.82, 2.24) is 0 Å². The third-order valence-electron chi connectivity index (χ3n) is 3.47. The van der Waals surface area contributed by atoms with Crippen molar-refractivity contribution in [2.45, 2.75) is 6.92 Å². The number of aliphatic hydroxyl groups excluding tert-OH is 1. The molecule has 0 saturated carbocycles. The first-order valence-corrected chi connectivity index (χ1v) is 7.83. The van der Waals surface area contributed by atoms with Gasteiger partial charge in [0, 0.05) is 11.8 Å². The monoisotopic (exact) mass is 384 g/mol. The Bertz CT molecular complexity index is 963. The molecule has 2 aromatic rings. The maximum atomic E-state index is 12.4. The van der Waals surface area contributed by atoms with E-state index in [1.54, 1.807) is 0 Å². The molecule has 0 aliphatic carbocycles. The van der Waals surface area contributed by atoms with Gasteiger partial charge in [-0.1, -0.05) is 0 Å². The molecule has 0 spiro atoms. The zero-order valence-corrected chi connectivity index (χ0v) is 14.9. The number of amides is 1. The lowest BCUT2D eigenvalue weighted by Crippen LogP contribution is -2.14. The van der Waals surface area contributed by atoms with E-state index in [1.807, 2.05) is 0 Å². The van der Waals surface area contributed by atoms with E-state index < -0.39 is 11.9 Å². The van der Waals surface area contributed by atoms with Crippen LogP contribution in [-0.4, -0.2) is 29.2 Å². The summed E-state index contributed by atoms with van der Waals surface area (Å²) in [5, 5.41) is 31.5. The summed E-state index contributed by atoms with van der Waals surface area (Å²) in [5.74, 6) is -2.02. The number of benzene rings is 2. The zero-order chi connectivity index (χ0) is 20.7. The van der Waals surface area contributed by atoms with E-state index in [2.05, 4.69) is 20.7 Å². The molecule has 3 N–H and O–H groups in total. The largest absolute Gasteiger partial charge is 0.510 e. The third-order valence-corrected chi connectivity index (χ3v) is 3.47. The van der Waals surface area contributed by atoms with Crippen molar-refractivity contribution < 1.29 is 24.5 Å². The Labute approximate surface area is 159 Å². The van der Waals surface area contributed by atoms with Crippen molar-refractivity contribution in [3.63, 3.8) is 0 Å². The first kappa shape index (κ1) is 20.2. The number of methoxy groups -OCH3 is 1. The summed E-state index contributed by atoms with van der Waals surface area (Å²) >= 11 is 0. The van der Waals surface area contributed by atoms with Gasteiger partial charge in [0.1, 0.15) is 22.9 Å². The summed E-state index contributed by atoms with van der Waals surface area (Å²) in [4.78, 5) is 33.8.